The molecule has 1 aliphatic heterocycles. The molecule has 1 saturated heterocycles. The quantitative estimate of drug-likeness (QED) is 0.818. The van der Waals surface area contributed by atoms with E-state index in [4.69, 9.17) is 9.47 Å². The van der Waals surface area contributed by atoms with E-state index in [-0.39, 0.29) is 6.10 Å². The van der Waals surface area contributed by atoms with Gasteiger partial charge in [0, 0.05) is 13.1 Å². The first kappa shape index (κ1) is 13.4. The van der Waals surface area contributed by atoms with Gasteiger partial charge in [0.25, 0.3) is 0 Å². The number of nitrogens with zero attached hydrogens (tertiary/aromatic N) is 1. The van der Waals surface area contributed by atoms with Gasteiger partial charge < -0.3 is 9.47 Å². The molecule has 0 saturated carbocycles. The minimum absolute atomic E-state index is 0.192. The Morgan fingerprint density at radius 2 is 2.06 bits per heavy atom. The molecule has 0 N–H and O–H groups in total. The molecule has 0 amide bonds. The zero-order valence-corrected chi connectivity index (χ0v) is 11.6. The summed E-state index contributed by atoms with van der Waals surface area (Å²) in [5, 5.41) is 0. The van der Waals surface area contributed by atoms with Crippen molar-refractivity contribution < 1.29 is 9.47 Å². The second kappa shape index (κ2) is 6.21. The van der Waals surface area contributed by atoms with E-state index in [9.17, 15) is 0 Å². The largest absolute Gasteiger partial charge is 0.490 e. The Labute approximate surface area is 110 Å². The lowest BCUT2D eigenvalue weighted by molar-refractivity contribution is -0.0465. The summed E-state index contributed by atoms with van der Waals surface area (Å²) in [6.45, 7) is 10.9. The van der Waals surface area contributed by atoms with Crippen LogP contribution in [0.1, 0.15) is 18.1 Å². The van der Waals surface area contributed by atoms with Gasteiger partial charge in [0.15, 0.2) is 0 Å². The molecule has 0 bridgehead atoms. The maximum absolute atomic E-state index is 5.95. The molecular weight excluding hydrogens is 226 g/mol. The van der Waals surface area contributed by atoms with Crippen molar-refractivity contribution >= 4 is 0 Å². The van der Waals surface area contributed by atoms with Crippen molar-refractivity contribution in [3.63, 3.8) is 0 Å². The fourth-order valence-electron chi connectivity index (χ4n) is 2.37. The molecule has 0 spiro atoms. The molecule has 2 rings (SSSR count). The van der Waals surface area contributed by atoms with Crippen LogP contribution in [0.3, 0.4) is 0 Å². The lowest BCUT2D eigenvalue weighted by Gasteiger charge is -2.32. The molecule has 0 radical (unpaired) electrons. The number of aryl methyl sites for hydroxylation is 2. The topological polar surface area (TPSA) is 21.7 Å². The van der Waals surface area contributed by atoms with Gasteiger partial charge >= 0.3 is 0 Å². The number of likely N-dealkylation sites (N-methyl/N-ethyl adjacent to an activating group) is 1. The third kappa shape index (κ3) is 3.24. The Hall–Kier alpha value is -1.06. The Morgan fingerprint density at radius 1 is 1.33 bits per heavy atom. The highest BCUT2D eigenvalue weighted by molar-refractivity contribution is 5.39. The third-order valence-electron chi connectivity index (χ3n) is 3.49. The molecule has 3 heteroatoms. The van der Waals surface area contributed by atoms with Crippen LogP contribution in [0.4, 0.5) is 0 Å². The van der Waals surface area contributed by atoms with Gasteiger partial charge in [-0.1, -0.05) is 25.1 Å². The number of morpholine rings is 1. The van der Waals surface area contributed by atoms with Crippen LogP contribution in [0.2, 0.25) is 0 Å². The van der Waals surface area contributed by atoms with Crippen LogP contribution in [0.25, 0.3) is 0 Å². The van der Waals surface area contributed by atoms with Gasteiger partial charge in [0.1, 0.15) is 18.5 Å². The normalized spacial score (nSPS) is 20.9. The number of hydrogen-bond acceptors (Lipinski definition) is 3. The third-order valence-corrected chi connectivity index (χ3v) is 3.49. The smallest absolute Gasteiger partial charge is 0.125 e. The molecule has 1 unspecified atom stereocenters. The van der Waals surface area contributed by atoms with Gasteiger partial charge in [-0.2, -0.15) is 0 Å². The Morgan fingerprint density at radius 3 is 2.72 bits per heavy atom. The second-order valence-corrected chi connectivity index (χ2v) is 4.92. The minimum atomic E-state index is 0.192. The number of para-hydroxylation sites is 1. The summed E-state index contributed by atoms with van der Waals surface area (Å²) in [6.07, 6.45) is 0.192. The summed E-state index contributed by atoms with van der Waals surface area (Å²) in [5.74, 6) is 1.01. The summed E-state index contributed by atoms with van der Waals surface area (Å²) < 4.78 is 11.7. The van der Waals surface area contributed by atoms with E-state index in [1.165, 1.54) is 11.1 Å². The maximum atomic E-state index is 5.95. The van der Waals surface area contributed by atoms with Gasteiger partial charge in [-0.25, -0.2) is 0 Å². The van der Waals surface area contributed by atoms with E-state index >= 15 is 0 Å². The average Bonchev–Trinajstić information content (AvgIpc) is 2.38. The zero-order chi connectivity index (χ0) is 13.0. The lowest BCUT2D eigenvalue weighted by atomic mass is 10.1. The Bertz CT molecular complexity index is 372. The first-order valence-corrected chi connectivity index (χ1v) is 6.73. The highest BCUT2D eigenvalue weighted by Gasteiger charge is 2.20. The van der Waals surface area contributed by atoms with Crippen molar-refractivity contribution in [3.8, 4) is 5.75 Å². The molecule has 18 heavy (non-hydrogen) atoms. The van der Waals surface area contributed by atoms with Crippen LogP contribution in [0.5, 0.6) is 5.75 Å². The van der Waals surface area contributed by atoms with Crippen molar-refractivity contribution in [3.05, 3.63) is 29.3 Å². The molecular formula is C15H23NO2. The molecule has 1 atom stereocenters. The number of rotatable bonds is 4. The zero-order valence-electron chi connectivity index (χ0n) is 11.6. The number of benzene rings is 1. The maximum Gasteiger partial charge on any atom is 0.125 e. The molecule has 1 heterocycles. The SMILES string of the molecule is CCN1CCOC(COc2c(C)cccc2C)C1. The van der Waals surface area contributed by atoms with Gasteiger partial charge in [-0.3, -0.25) is 4.90 Å². The molecule has 1 fully saturated rings. The predicted octanol–water partition coefficient (Wildman–Crippen LogP) is 2.40. The molecule has 0 aromatic heterocycles. The van der Waals surface area contributed by atoms with Gasteiger partial charge in [0.2, 0.25) is 0 Å². The molecule has 1 aliphatic rings. The van der Waals surface area contributed by atoms with Crippen LogP contribution < -0.4 is 4.74 Å². The highest BCUT2D eigenvalue weighted by Crippen LogP contribution is 2.22. The summed E-state index contributed by atoms with van der Waals surface area (Å²) in [5.41, 5.74) is 2.39. The van der Waals surface area contributed by atoms with Crippen LogP contribution in [-0.4, -0.2) is 43.9 Å². The van der Waals surface area contributed by atoms with E-state index < -0.39 is 0 Å². The highest BCUT2D eigenvalue weighted by atomic mass is 16.5. The van der Waals surface area contributed by atoms with Gasteiger partial charge in [-0.05, 0) is 31.5 Å². The molecule has 3 nitrogen and oxygen atoms in total. The molecule has 0 aliphatic carbocycles. The standard InChI is InChI=1S/C15H23NO2/c1-4-16-8-9-17-14(10-16)11-18-15-12(2)6-5-7-13(15)3/h5-7,14H,4,8-11H2,1-3H3. The number of hydrogen-bond donors (Lipinski definition) is 0. The van der Waals surface area contributed by atoms with Gasteiger partial charge in [0.05, 0.1) is 6.61 Å². The predicted molar refractivity (Wildman–Crippen MR) is 73.3 cm³/mol. The van der Waals surface area contributed by atoms with E-state index in [1.54, 1.807) is 0 Å². The fourth-order valence-corrected chi connectivity index (χ4v) is 2.37. The van der Waals surface area contributed by atoms with Crippen LogP contribution in [0, 0.1) is 13.8 Å². The first-order chi connectivity index (χ1) is 8.70. The fraction of sp³-hybridized carbons (Fsp3) is 0.600. The summed E-state index contributed by atoms with van der Waals surface area (Å²) in [6, 6.07) is 6.23. The minimum Gasteiger partial charge on any atom is -0.490 e. The van der Waals surface area contributed by atoms with Crippen LogP contribution in [-0.2, 0) is 4.74 Å². The second-order valence-electron chi connectivity index (χ2n) is 4.92. The van der Waals surface area contributed by atoms with E-state index in [2.05, 4.69) is 43.9 Å². The average molecular weight is 249 g/mol. The van der Waals surface area contributed by atoms with Crippen molar-refractivity contribution in [2.75, 3.05) is 32.8 Å². The van der Waals surface area contributed by atoms with Crippen LogP contribution in [0.15, 0.2) is 18.2 Å². The lowest BCUT2D eigenvalue weighted by Crippen LogP contribution is -2.44. The van der Waals surface area contributed by atoms with Crippen molar-refractivity contribution in [1.82, 2.24) is 4.90 Å². The number of ether oxygens (including phenoxy) is 2. The summed E-state index contributed by atoms with van der Waals surface area (Å²) in [4.78, 5) is 2.40. The van der Waals surface area contributed by atoms with E-state index in [0.29, 0.717) is 6.61 Å². The van der Waals surface area contributed by atoms with E-state index in [0.717, 1.165) is 32.0 Å². The monoisotopic (exact) mass is 249 g/mol. The van der Waals surface area contributed by atoms with Gasteiger partial charge in [-0.15, -0.1) is 0 Å². The van der Waals surface area contributed by atoms with Crippen molar-refractivity contribution in [2.24, 2.45) is 0 Å². The Kier molecular flexibility index (Phi) is 4.61. The van der Waals surface area contributed by atoms with Crippen molar-refractivity contribution in [1.29, 1.82) is 0 Å². The molecule has 1 aromatic rings. The van der Waals surface area contributed by atoms with Crippen LogP contribution >= 0.6 is 0 Å². The molecule has 100 valence electrons. The first-order valence-electron chi connectivity index (χ1n) is 6.73. The van der Waals surface area contributed by atoms with Crippen molar-refractivity contribution in [2.45, 2.75) is 26.9 Å². The summed E-state index contributed by atoms with van der Waals surface area (Å²) in [7, 11) is 0. The Balaban J connectivity index is 1.91. The summed E-state index contributed by atoms with van der Waals surface area (Å²) >= 11 is 0. The van der Waals surface area contributed by atoms with E-state index in [1.807, 2.05) is 0 Å². The molecule has 1 aromatic carbocycles.